The highest BCUT2D eigenvalue weighted by Gasteiger charge is 2.07. The van der Waals surface area contributed by atoms with Crippen molar-refractivity contribution in [3.05, 3.63) is 95.1 Å². The normalized spacial score (nSPS) is 10.1. The Kier molecular flexibility index (Phi) is 19.1. The standard InChI is InChI=1S/C20H26O4.C16H18O4.BBr3/c1-21-17-11-9-15(13-19(17)23-3)7-5-6-8-16-10-12-18(22-2)20(14-16)24-4;17-13-7-5-11(9-15(13)19)3-1-2-4-12-6-8-14(18)16(20)10-12;2-1(3)4/h9-14H,5-8H2,1-4H3;5-10,17-20H,1-4H2;. The predicted molar refractivity (Wildman–Crippen MR) is 204 cm³/mol. The van der Waals surface area contributed by atoms with Crippen LogP contribution in [0.5, 0.6) is 46.0 Å². The Bertz CT molecular complexity index is 1420. The number of methoxy groups -OCH3 is 4. The van der Waals surface area contributed by atoms with Crippen LogP contribution in [0, 0.1) is 0 Å². The summed E-state index contributed by atoms with van der Waals surface area (Å²) in [5.74, 6) is 2.72. The molecule has 0 aliphatic carbocycles. The van der Waals surface area contributed by atoms with Crippen molar-refractivity contribution in [1.82, 2.24) is 0 Å². The predicted octanol–water partition coefficient (Wildman–Crippen LogP) is 9.52. The van der Waals surface area contributed by atoms with Gasteiger partial charge in [-0.2, -0.15) is 0 Å². The third kappa shape index (κ3) is 14.9. The van der Waals surface area contributed by atoms with Crippen LogP contribution in [0.4, 0.5) is 0 Å². The summed E-state index contributed by atoms with van der Waals surface area (Å²) >= 11 is 9.31. The van der Waals surface area contributed by atoms with E-state index in [1.807, 2.05) is 12.1 Å². The molecule has 0 unspecified atom stereocenters. The quantitative estimate of drug-likeness (QED) is 0.0563. The minimum atomic E-state index is -0.103. The van der Waals surface area contributed by atoms with E-state index in [1.165, 1.54) is 23.3 Å². The maximum absolute atomic E-state index is 9.39. The van der Waals surface area contributed by atoms with Crippen molar-refractivity contribution in [2.45, 2.75) is 51.4 Å². The maximum atomic E-state index is 9.39. The minimum Gasteiger partial charge on any atom is -0.504 e. The van der Waals surface area contributed by atoms with E-state index < -0.39 is 0 Å². The molecule has 4 N–H and O–H groups in total. The van der Waals surface area contributed by atoms with Crippen LogP contribution in [-0.4, -0.2) is 52.1 Å². The molecule has 12 heteroatoms. The average molecular weight is 855 g/mol. The van der Waals surface area contributed by atoms with Crippen molar-refractivity contribution in [2.75, 3.05) is 28.4 Å². The number of phenolic OH excluding ortho intramolecular Hbond substituents is 4. The van der Waals surface area contributed by atoms with Crippen LogP contribution < -0.4 is 18.9 Å². The number of ether oxygens (including phenoxy) is 4. The van der Waals surface area contributed by atoms with E-state index in [2.05, 4.69) is 71.5 Å². The van der Waals surface area contributed by atoms with Gasteiger partial charge in [0.25, 0.3) is 0 Å². The monoisotopic (exact) mass is 852 g/mol. The number of halogens is 3. The zero-order chi connectivity index (χ0) is 35.5. The van der Waals surface area contributed by atoms with Gasteiger partial charge in [-0.05, 0) is 122 Å². The molecule has 0 saturated carbocycles. The van der Waals surface area contributed by atoms with Crippen LogP contribution in [0.25, 0.3) is 0 Å². The molecule has 0 aliphatic heterocycles. The second-order valence-corrected chi connectivity index (χ2v) is 17.1. The van der Waals surface area contributed by atoms with E-state index in [0.717, 1.165) is 85.5 Å². The van der Waals surface area contributed by atoms with Gasteiger partial charge < -0.3 is 39.4 Å². The topological polar surface area (TPSA) is 118 Å². The van der Waals surface area contributed by atoms with Gasteiger partial charge in [-0.25, -0.2) is 0 Å². The van der Waals surface area contributed by atoms with Gasteiger partial charge in [0.1, 0.15) is 0 Å². The first-order valence-electron chi connectivity index (χ1n) is 15.4. The number of aromatic hydroxyl groups is 4. The number of phenols is 4. The van der Waals surface area contributed by atoms with Crippen LogP contribution in [0.2, 0.25) is 0 Å². The fourth-order valence-corrected chi connectivity index (χ4v) is 4.84. The molecule has 0 spiro atoms. The maximum Gasteiger partial charge on any atom is 0.369 e. The van der Waals surface area contributed by atoms with Crippen molar-refractivity contribution < 1.29 is 39.4 Å². The second-order valence-electron chi connectivity index (χ2n) is 10.7. The first-order valence-corrected chi connectivity index (χ1v) is 18.1. The second kappa shape index (κ2) is 22.4. The summed E-state index contributed by atoms with van der Waals surface area (Å²) in [6.45, 7) is 0. The lowest BCUT2D eigenvalue weighted by atomic mass is 10.0. The smallest absolute Gasteiger partial charge is 0.369 e. The summed E-state index contributed by atoms with van der Waals surface area (Å²) in [6.07, 6.45) is 7.78. The Labute approximate surface area is 309 Å². The fraction of sp³-hybridized carbons (Fsp3) is 0.333. The highest BCUT2D eigenvalue weighted by molar-refractivity contribution is 9.69. The molecule has 4 aromatic carbocycles. The van der Waals surface area contributed by atoms with Crippen LogP contribution in [0.1, 0.15) is 47.9 Å². The van der Waals surface area contributed by atoms with Gasteiger partial charge in [-0.3, -0.25) is 0 Å². The number of unbranched alkanes of at least 4 members (excludes halogenated alkanes) is 2. The summed E-state index contributed by atoms with van der Waals surface area (Å²) in [6, 6.07) is 21.9. The molecule has 260 valence electrons. The zero-order valence-corrected chi connectivity index (χ0v) is 32.5. The molecule has 0 saturated heterocycles. The van der Waals surface area contributed by atoms with Crippen LogP contribution in [0.15, 0.2) is 72.8 Å². The van der Waals surface area contributed by atoms with Gasteiger partial charge in [0.15, 0.2) is 46.0 Å². The molecular formula is C36H44BBr3O8. The lowest BCUT2D eigenvalue weighted by Crippen LogP contribution is -1.95. The summed E-state index contributed by atoms with van der Waals surface area (Å²) in [7, 11) is 6.64. The van der Waals surface area contributed by atoms with Gasteiger partial charge in [0.05, 0.1) is 28.4 Å². The van der Waals surface area contributed by atoms with E-state index in [1.54, 1.807) is 52.7 Å². The molecule has 4 aromatic rings. The first kappa shape index (κ1) is 41.0. The van der Waals surface area contributed by atoms with Crippen molar-refractivity contribution >= 4 is 50.5 Å². The lowest BCUT2D eigenvalue weighted by Gasteiger charge is -2.10. The number of benzene rings is 4. The molecule has 4 rings (SSSR count). The van der Waals surface area contributed by atoms with E-state index in [9.17, 15) is 20.4 Å². The number of rotatable bonds is 14. The molecule has 0 aliphatic rings. The molecule has 0 aromatic heterocycles. The third-order valence-electron chi connectivity index (χ3n) is 7.34. The Hall–Kier alpha value is -3.22. The Morgan fingerprint density at radius 3 is 0.958 bits per heavy atom. The summed E-state index contributed by atoms with van der Waals surface area (Å²) in [5, 5.41) is 37.2. The van der Waals surface area contributed by atoms with Crippen LogP contribution in [-0.2, 0) is 25.7 Å². The molecule has 0 amide bonds. The molecule has 0 atom stereocenters. The van der Waals surface area contributed by atoms with Crippen molar-refractivity contribution in [2.24, 2.45) is 0 Å². The number of aryl methyl sites for hydroxylation is 4. The Balaban J connectivity index is 0.000000304. The summed E-state index contributed by atoms with van der Waals surface area (Å²) in [4.78, 5) is 0. The van der Waals surface area contributed by atoms with Gasteiger partial charge in [0.2, 0.25) is 0 Å². The fourth-order valence-electron chi connectivity index (χ4n) is 4.84. The highest BCUT2D eigenvalue weighted by atomic mass is 79.9. The van der Waals surface area contributed by atoms with Crippen LogP contribution >= 0.6 is 47.3 Å². The van der Waals surface area contributed by atoms with E-state index in [4.69, 9.17) is 18.9 Å². The number of hydrogen-bond donors (Lipinski definition) is 4. The zero-order valence-electron chi connectivity index (χ0n) is 27.7. The third-order valence-corrected chi connectivity index (χ3v) is 7.34. The van der Waals surface area contributed by atoms with E-state index >= 15 is 0 Å². The molecule has 0 fully saturated rings. The molecule has 48 heavy (non-hydrogen) atoms. The summed E-state index contributed by atoms with van der Waals surface area (Å²) < 4.78 is 21.5. The Morgan fingerprint density at radius 1 is 0.417 bits per heavy atom. The first-order chi connectivity index (χ1) is 23.0. The molecule has 0 heterocycles. The van der Waals surface area contributed by atoms with Crippen molar-refractivity contribution in [1.29, 1.82) is 0 Å². The van der Waals surface area contributed by atoms with Gasteiger partial charge in [0, 0.05) is 0 Å². The minimum absolute atomic E-state index is 0.0917. The highest BCUT2D eigenvalue weighted by Crippen LogP contribution is 2.30. The average Bonchev–Trinajstić information content (AvgIpc) is 3.08. The molecule has 8 nitrogen and oxygen atoms in total. The van der Waals surface area contributed by atoms with E-state index in [0.29, 0.717) is 0 Å². The SMILES string of the molecule is BrB(Br)Br.COc1ccc(CCCCc2ccc(OC)c(OC)c2)cc1OC.Oc1ccc(CCCCc2ccc(O)c(O)c2)cc1O. The van der Waals surface area contributed by atoms with Crippen LogP contribution in [0.3, 0.4) is 0 Å². The van der Waals surface area contributed by atoms with Crippen molar-refractivity contribution in [3.63, 3.8) is 0 Å². The largest absolute Gasteiger partial charge is 0.504 e. The molecule has 0 bridgehead atoms. The van der Waals surface area contributed by atoms with E-state index in [-0.39, 0.29) is 26.2 Å². The Morgan fingerprint density at radius 2 is 0.688 bits per heavy atom. The molecule has 0 radical (unpaired) electrons. The molecular weight excluding hydrogens is 811 g/mol. The van der Waals surface area contributed by atoms with Crippen molar-refractivity contribution in [3.8, 4) is 46.0 Å². The van der Waals surface area contributed by atoms with Gasteiger partial charge >= 0.3 is 3.18 Å². The van der Waals surface area contributed by atoms with Gasteiger partial charge in [-0.15, -0.1) is 47.3 Å². The number of hydrogen-bond acceptors (Lipinski definition) is 8. The van der Waals surface area contributed by atoms with Gasteiger partial charge in [-0.1, -0.05) is 24.3 Å². The summed E-state index contributed by atoms with van der Waals surface area (Å²) in [5.41, 5.74) is 4.49. The lowest BCUT2D eigenvalue weighted by molar-refractivity contribution is 0.354.